The Morgan fingerprint density at radius 1 is 0.957 bits per heavy atom. The summed E-state index contributed by atoms with van der Waals surface area (Å²) >= 11 is 0. The van der Waals surface area contributed by atoms with E-state index in [-0.39, 0.29) is 11.8 Å². The average molecular weight is 308 g/mol. The Kier molecular flexibility index (Phi) is 3.01. The standard InChI is InChI=1S/C18H16N2O3/c1-22-10-3-5-15-12(7-10)14(9-19-15)17-13-8-11(23-2)4-6-16(13)20-18(17)21/h3-9,17,19H,1-2H3,(H,20,21)/t17-/m0/s1. The van der Waals surface area contributed by atoms with Crippen LogP contribution in [-0.2, 0) is 4.79 Å². The summed E-state index contributed by atoms with van der Waals surface area (Å²) in [6, 6.07) is 11.4. The molecule has 0 bridgehead atoms. The van der Waals surface area contributed by atoms with Gasteiger partial charge in [0, 0.05) is 22.8 Å². The third-order valence-corrected chi connectivity index (χ3v) is 4.32. The molecular weight excluding hydrogens is 292 g/mol. The van der Waals surface area contributed by atoms with Crippen molar-refractivity contribution in [3.05, 3.63) is 53.7 Å². The molecule has 5 nitrogen and oxygen atoms in total. The number of aromatic amines is 1. The number of carbonyl (C=O) groups excluding carboxylic acids is 1. The molecule has 0 saturated heterocycles. The van der Waals surface area contributed by atoms with Crippen LogP contribution in [0.4, 0.5) is 5.69 Å². The topological polar surface area (TPSA) is 63.4 Å². The van der Waals surface area contributed by atoms with Crippen molar-refractivity contribution < 1.29 is 14.3 Å². The Morgan fingerprint density at radius 2 is 1.70 bits per heavy atom. The van der Waals surface area contributed by atoms with Gasteiger partial charge >= 0.3 is 0 Å². The van der Waals surface area contributed by atoms with Crippen molar-refractivity contribution in [3.8, 4) is 11.5 Å². The number of benzene rings is 2. The number of fused-ring (bicyclic) bond motifs is 2. The van der Waals surface area contributed by atoms with Crippen molar-refractivity contribution >= 4 is 22.5 Å². The molecule has 0 saturated carbocycles. The highest BCUT2D eigenvalue weighted by molar-refractivity contribution is 6.07. The summed E-state index contributed by atoms with van der Waals surface area (Å²) in [5.41, 5.74) is 3.67. The van der Waals surface area contributed by atoms with E-state index in [2.05, 4.69) is 10.3 Å². The Morgan fingerprint density at radius 3 is 2.48 bits per heavy atom. The molecule has 2 aromatic carbocycles. The van der Waals surface area contributed by atoms with Gasteiger partial charge < -0.3 is 19.8 Å². The SMILES string of the molecule is COc1ccc2c(c1)[C@@H](c1c[nH]c3ccc(OC)cc13)C(=O)N2. The molecule has 1 amide bonds. The second-order valence-corrected chi connectivity index (χ2v) is 5.53. The highest BCUT2D eigenvalue weighted by Gasteiger charge is 2.34. The third kappa shape index (κ3) is 2.04. The predicted octanol–water partition coefficient (Wildman–Crippen LogP) is 3.27. The largest absolute Gasteiger partial charge is 0.497 e. The number of methoxy groups -OCH3 is 2. The summed E-state index contributed by atoms with van der Waals surface area (Å²) in [4.78, 5) is 15.8. The van der Waals surface area contributed by atoms with Gasteiger partial charge in [-0.3, -0.25) is 4.79 Å². The zero-order valence-electron chi connectivity index (χ0n) is 12.8. The van der Waals surface area contributed by atoms with E-state index in [1.807, 2.05) is 42.6 Å². The molecule has 1 atom stereocenters. The monoisotopic (exact) mass is 308 g/mol. The number of carbonyl (C=O) groups is 1. The van der Waals surface area contributed by atoms with E-state index in [4.69, 9.17) is 9.47 Å². The van der Waals surface area contributed by atoms with Crippen molar-refractivity contribution in [2.45, 2.75) is 5.92 Å². The molecule has 3 aromatic rings. The van der Waals surface area contributed by atoms with Crippen LogP contribution in [0.15, 0.2) is 42.6 Å². The first-order valence-electron chi connectivity index (χ1n) is 7.35. The maximum absolute atomic E-state index is 12.5. The van der Waals surface area contributed by atoms with E-state index < -0.39 is 0 Å². The summed E-state index contributed by atoms with van der Waals surface area (Å²) in [5.74, 6) is 1.11. The number of H-pyrrole nitrogens is 1. The van der Waals surface area contributed by atoms with Gasteiger partial charge in [-0.2, -0.15) is 0 Å². The van der Waals surface area contributed by atoms with Gasteiger partial charge in [0.05, 0.1) is 20.1 Å². The van der Waals surface area contributed by atoms with Gasteiger partial charge in [0.1, 0.15) is 11.5 Å². The molecule has 1 aromatic heterocycles. The van der Waals surface area contributed by atoms with Crippen LogP contribution in [0.3, 0.4) is 0 Å². The lowest BCUT2D eigenvalue weighted by atomic mass is 9.92. The van der Waals surface area contributed by atoms with E-state index in [1.165, 1.54) is 0 Å². The zero-order valence-corrected chi connectivity index (χ0v) is 12.8. The van der Waals surface area contributed by atoms with Crippen LogP contribution in [0.2, 0.25) is 0 Å². The molecule has 0 radical (unpaired) electrons. The van der Waals surface area contributed by atoms with E-state index in [9.17, 15) is 4.79 Å². The van der Waals surface area contributed by atoms with E-state index >= 15 is 0 Å². The van der Waals surface area contributed by atoms with Gasteiger partial charge in [0.15, 0.2) is 0 Å². The predicted molar refractivity (Wildman–Crippen MR) is 88.3 cm³/mol. The minimum atomic E-state index is -0.360. The molecule has 116 valence electrons. The lowest BCUT2D eigenvalue weighted by Gasteiger charge is -2.10. The van der Waals surface area contributed by atoms with Crippen LogP contribution >= 0.6 is 0 Å². The second kappa shape index (κ2) is 5.05. The first-order valence-corrected chi connectivity index (χ1v) is 7.35. The van der Waals surface area contributed by atoms with Crippen molar-refractivity contribution in [1.82, 2.24) is 4.98 Å². The minimum Gasteiger partial charge on any atom is -0.497 e. The van der Waals surface area contributed by atoms with E-state index in [0.717, 1.165) is 39.2 Å². The number of hydrogen-bond donors (Lipinski definition) is 2. The third-order valence-electron chi connectivity index (χ3n) is 4.32. The van der Waals surface area contributed by atoms with Gasteiger partial charge in [-0.1, -0.05) is 0 Å². The number of anilines is 1. The highest BCUT2D eigenvalue weighted by atomic mass is 16.5. The van der Waals surface area contributed by atoms with Crippen molar-refractivity contribution in [2.24, 2.45) is 0 Å². The number of nitrogens with one attached hydrogen (secondary N) is 2. The van der Waals surface area contributed by atoms with Crippen LogP contribution in [0.25, 0.3) is 10.9 Å². The summed E-state index contributed by atoms with van der Waals surface area (Å²) in [7, 11) is 3.26. The zero-order chi connectivity index (χ0) is 16.0. The van der Waals surface area contributed by atoms with E-state index in [1.54, 1.807) is 14.2 Å². The lowest BCUT2D eigenvalue weighted by Crippen LogP contribution is -2.12. The van der Waals surface area contributed by atoms with Gasteiger partial charge in [0.25, 0.3) is 0 Å². The molecule has 0 spiro atoms. The van der Waals surface area contributed by atoms with Gasteiger partial charge in [-0.05, 0) is 47.5 Å². The smallest absolute Gasteiger partial charge is 0.236 e. The summed E-state index contributed by atoms with van der Waals surface area (Å²) in [6.45, 7) is 0. The molecule has 2 N–H and O–H groups in total. The quantitative estimate of drug-likeness (QED) is 0.780. The van der Waals surface area contributed by atoms with Crippen molar-refractivity contribution in [3.63, 3.8) is 0 Å². The fourth-order valence-electron chi connectivity index (χ4n) is 3.16. The maximum atomic E-state index is 12.5. The molecule has 1 aliphatic rings. The molecule has 2 heterocycles. The number of rotatable bonds is 3. The Hall–Kier alpha value is -2.95. The lowest BCUT2D eigenvalue weighted by molar-refractivity contribution is -0.116. The number of ether oxygens (including phenoxy) is 2. The average Bonchev–Trinajstić information content (AvgIpc) is 3.13. The maximum Gasteiger partial charge on any atom is 0.236 e. The second-order valence-electron chi connectivity index (χ2n) is 5.53. The Bertz CT molecular complexity index is 914. The number of amides is 1. The summed E-state index contributed by atoms with van der Waals surface area (Å²) in [5, 5.41) is 3.93. The fourth-order valence-corrected chi connectivity index (χ4v) is 3.16. The van der Waals surface area contributed by atoms with E-state index in [0.29, 0.717) is 0 Å². The molecule has 0 unspecified atom stereocenters. The van der Waals surface area contributed by atoms with Crippen LogP contribution < -0.4 is 14.8 Å². The Balaban J connectivity index is 1.90. The van der Waals surface area contributed by atoms with Crippen LogP contribution in [0, 0.1) is 0 Å². The van der Waals surface area contributed by atoms with Crippen LogP contribution in [0.5, 0.6) is 11.5 Å². The number of hydrogen-bond acceptors (Lipinski definition) is 3. The molecular formula is C18H16N2O3. The Labute approximate surface area is 133 Å². The normalized spacial score (nSPS) is 16.3. The van der Waals surface area contributed by atoms with Crippen molar-refractivity contribution in [2.75, 3.05) is 19.5 Å². The molecule has 0 aliphatic carbocycles. The molecule has 4 rings (SSSR count). The van der Waals surface area contributed by atoms with Gasteiger partial charge in [-0.15, -0.1) is 0 Å². The van der Waals surface area contributed by atoms with Crippen LogP contribution in [0.1, 0.15) is 17.0 Å². The molecule has 5 heteroatoms. The summed E-state index contributed by atoms with van der Waals surface area (Å²) < 4.78 is 10.6. The fraction of sp³-hybridized carbons (Fsp3) is 0.167. The molecule has 1 aliphatic heterocycles. The first-order chi connectivity index (χ1) is 11.2. The molecule has 23 heavy (non-hydrogen) atoms. The van der Waals surface area contributed by atoms with Gasteiger partial charge in [0.2, 0.25) is 5.91 Å². The first kappa shape index (κ1) is 13.7. The minimum absolute atomic E-state index is 0.0306. The molecule has 0 fully saturated rings. The summed E-state index contributed by atoms with van der Waals surface area (Å²) in [6.07, 6.45) is 1.89. The number of aromatic nitrogens is 1. The van der Waals surface area contributed by atoms with Crippen LogP contribution in [-0.4, -0.2) is 25.1 Å². The van der Waals surface area contributed by atoms with Crippen molar-refractivity contribution in [1.29, 1.82) is 0 Å². The van der Waals surface area contributed by atoms with Gasteiger partial charge in [-0.25, -0.2) is 0 Å². The highest BCUT2D eigenvalue weighted by Crippen LogP contribution is 2.41.